The van der Waals surface area contributed by atoms with Crippen LogP contribution in [-0.4, -0.2) is 78.6 Å². The Labute approximate surface area is 259 Å². The number of amides is 4. The molecule has 0 saturated carbocycles. The fourth-order valence-corrected chi connectivity index (χ4v) is 5.07. The lowest BCUT2D eigenvalue weighted by Gasteiger charge is -2.26. The summed E-state index contributed by atoms with van der Waals surface area (Å²) in [6, 6.07) is 11.8. The van der Waals surface area contributed by atoms with Crippen molar-refractivity contribution >= 4 is 47.0 Å². The van der Waals surface area contributed by atoms with E-state index in [0.717, 1.165) is 5.56 Å². The Balaban J connectivity index is 1.30. The molecule has 5 N–H and O–H groups in total. The second-order valence-electron chi connectivity index (χ2n) is 10.2. The molecule has 2 aliphatic rings. The summed E-state index contributed by atoms with van der Waals surface area (Å²) in [4.78, 5) is 50.0. The Morgan fingerprint density at radius 3 is 2.50 bits per heavy atom. The summed E-state index contributed by atoms with van der Waals surface area (Å²) in [6.07, 6.45) is 6.54. The van der Waals surface area contributed by atoms with E-state index in [-0.39, 0.29) is 32.0 Å². The van der Waals surface area contributed by atoms with E-state index in [1.54, 1.807) is 42.5 Å². The quantitative estimate of drug-likeness (QED) is 0.212. The lowest BCUT2D eigenvalue weighted by Crippen LogP contribution is -2.51. The van der Waals surface area contributed by atoms with Crippen molar-refractivity contribution in [3.63, 3.8) is 0 Å². The van der Waals surface area contributed by atoms with Gasteiger partial charge in [-0.05, 0) is 72.9 Å². The molecule has 2 aromatic rings. The van der Waals surface area contributed by atoms with E-state index in [9.17, 15) is 24.3 Å². The zero-order valence-electron chi connectivity index (χ0n) is 24.4. The zero-order chi connectivity index (χ0) is 31.5. The number of hydrogen-bond acceptors (Lipinski definition) is 8. The van der Waals surface area contributed by atoms with Gasteiger partial charge in [0.25, 0.3) is 5.91 Å². The van der Waals surface area contributed by atoms with Crippen molar-refractivity contribution in [1.82, 2.24) is 10.6 Å². The number of anilines is 2. The molecule has 0 aromatic heterocycles. The third-order valence-electron chi connectivity index (χ3n) is 6.92. The van der Waals surface area contributed by atoms with Gasteiger partial charge >= 0.3 is 12.0 Å². The number of carbonyl (C=O) groups excluding carboxylic acids is 3. The molecular formula is C31H36N4O8S. The fourth-order valence-electron chi connectivity index (χ4n) is 4.60. The topological polar surface area (TPSA) is 164 Å². The van der Waals surface area contributed by atoms with Crippen LogP contribution in [0, 0.1) is 6.92 Å². The number of carboxylic acid groups (broad SMARTS) is 1. The summed E-state index contributed by atoms with van der Waals surface area (Å²) in [5.41, 5.74) is 2.76. The van der Waals surface area contributed by atoms with Crippen molar-refractivity contribution in [2.24, 2.45) is 0 Å². The Bertz CT molecular complexity index is 1400. The Morgan fingerprint density at radius 1 is 1.02 bits per heavy atom. The van der Waals surface area contributed by atoms with E-state index in [1.165, 1.54) is 11.8 Å². The summed E-state index contributed by atoms with van der Waals surface area (Å²) >= 11 is 1.52. The predicted octanol–water partition coefficient (Wildman–Crippen LogP) is 3.45. The summed E-state index contributed by atoms with van der Waals surface area (Å²) in [7, 11) is 0. The number of urea groups is 1. The maximum absolute atomic E-state index is 13.3. The maximum atomic E-state index is 13.3. The normalized spacial score (nSPS) is 18.3. The Hall–Kier alpha value is -4.33. The van der Waals surface area contributed by atoms with Crippen LogP contribution >= 0.6 is 11.8 Å². The smallest absolute Gasteiger partial charge is 0.323 e. The summed E-state index contributed by atoms with van der Waals surface area (Å²) in [5, 5.41) is 20.5. The lowest BCUT2D eigenvalue weighted by molar-refractivity contribution is -0.137. The molecule has 4 unspecified atom stereocenters. The minimum Gasteiger partial charge on any atom is -0.484 e. The molecule has 0 spiro atoms. The van der Waals surface area contributed by atoms with Crippen LogP contribution in [0.4, 0.5) is 16.2 Å². The fraction of sp³-hybridized carbons (Fsp3) is 0.355. The number of thioether (sulfide) groups is 1. The first-order valence-electron chi connectivity index (χ1n) is 14.0. The Morgan fingerprint density at radius 2 is 1.77 bits per heavy atom. The highest BCUT2D eigenvalue weighted by molar-refractivity contribution is 7.98. The van der Waals surface area contributed by atoms with Crippen LogP contribution in [0.5, 0.6) is 5.75 Å². The number of carboxylic acids is 1. The van der Waals surface area contributed by atoms with Crippen LogP contribution < -0.4 is 26.0 Å². The van der Waals surface area contributed by atoms with E-state index in [4.69, 9.17) is 14.2 Å². The van der Waals surface area contributed by atoms with E-state index >= 15 is 0 Å². The van der Waals surface area contributed by atoms with Crippen LogP contribution in [0.1, 0.15) is 18.4 Å². The largest absolute Gasteiger partial charge is 0.484 e. The van der Waals surface area contributed by atoms with Gasteiger partial charge in [0.2, 0.25) is 5.91 Å². The van der Waals surface area contributed by atoms with Gasteiger partial charge in [0.15, 0.2) is 6.61 Å². The highest BCUT2D eigenvalue weighted by atomic mass is 32.2. The van der Waals surface area contributed by atoms with Gasteiger partial charge in [-0.3, -0.25) is 14.4 Å². The molecule has 2 aromatic carbocycles. The maximum Gasteiger partial charge on any atom is 0.323 e. The number of fused-ring (bicyclic) bond motifs is 1. The van der Waals surface area contributed by atoms with E-state index in [0.29, 0.717) is 34.9 Å². The molecule has 13 heteroatoms. The van der Waals surface area contributed by atoms with Crippen molar-refractivity contribution in [2.75, 3.05) is 36.0 Å². The third kappa shape index (κ3) is 9.59. The van der Waals surface area contributed by atoms with E-state index in [2.05, 4.69) is 21.3 Å². The first-order valence-corrected chi connectivity index (χ1v) is 15.4. The van der Waals surface area contributed by atoms with Gasteiger partial charge in [0.1, 0.15) is 30.8 Å². The number of para-hydroxylation sites is 1. The molecule has 1 saturated heterocycles. The first-order chi connectivity index (χ1) is 21.2. The van der Waals surface area contributed by atoms with Gasteiger partial charge in [-0.2, -0.15) is 11.8 Å². The summed E-state index contributed by atoms with van der Waals surface area (Å²) in [6.45, 7) is 1.68. The minimum atomic E-state index is -1.08. The van der Waals surface area contributed by atoms with Gasteiger partial charge in [-0.25, -0.2) is 4.79 Å². The average Bonchev–Trinajstić information content (AvgIpc) is 3.47. The highest BCUT2D eigenvalue weighted by Crippen LogP contribution is 2.25. The number of benzene rings is 2. The molecule has 4 amide bonds. The highest BCUT2D eigenvalue weighted by Gasteiger charge is 2.32. The molecule has 234 valence electrons. The number of aliphatic carboxylic acids is 1. The number of aryl methyl sites for hydroxylation is 1. The number of ether oxygens (including phenoxy) is 3. The zero-order valence-corrected chi connectivity index (χ0v) is 25.2. The van der Waals surface area contributed by atoms with Crippen molar-refractivity contribution in [3.8, 4) is 5.75 Å². The molecule has 1 aliphatic heterocycles. The van der Waals surface area contributed by atoms with Crippen molar-refractivity contribution in [2.45, 2.75) is 44.1 Å². The van der Waals surface area contributed by atoms with Crippen molar-refractivity contribution in [3.05, 3.63) is 77.9 Å². The van der Waals surface area contributed by atoms with Gasteiger partial charge in [0.05, 0.1) is 12.5 Å². The number of carbonyl (C=O) groups is 4. The summed E-state index contributed by atoms with van der Waals surface area (Å²) in [5.74, 6) is -1.12. The molecule has 4 atom stereocenters. The number of nitrogens with one attached hydrogen (secondary N) is 4. The minimum absolute atomic E-state index is 0.136. The first kappa shape index (κ1) is 32.6. The Kier molecular flexibility index (Phi) is 11.8. The van der Waals surface area contributed by atoms with Crippen LogP contribution in [-0.2, 0) is 23.9 Å². The second kappa shape index (κ2) is 15.9. The molecule has 1 fully saturated rings. The molecule has 12 nitrogen and oxygen atoms in total. The monoisotopic (exact) mass is 624 g/mol. The summed E-state index contributed by atoms with van der Waals surface area (Å²) < 4.78 is 16.5. The molecule has 0 bridgehead atoms. The van der Waals surface area contributed by atoms with Crippen molar-refractivity contribution in [1.29, 1.82) is 0 Å². The van der Waals surface area contributed by atoms with Crippen LogP contribution in [0.25, 0.3) is 0 Å². The standard InChI is InChI=1S/C31H36N4O8S/c1-19-5-3-4-6-23(19)35-31(40)32-21-8-10-22(11-9-21)41-17-28(36)33-24(13-14-44-2)30(39)34-25(16-29(37)38)20-7-12-26-27(15-20)43-18-42-26/h3-12,15,24-27H,13-14,16-18H2,1-2H3,(H,33,36)(H,34,39)(H,37,38)(H2,32,35,40). The molecule has 1 heterocycles. The van der Waals surface area contributed by atoms with Gasteiger partial charge in [-0.1, -0.05) is 30.4 Å². The lowest BCUT2D eigenvalue weighted by atomic mass is 9.94. The second-order valence-corrected chi connectivity index (χ2v) is 11.2. The van der Waals surface area contributed by atoms with Crippen LogP contribution in [0.15, 0.2) is 72.3 Å². The SMILES string of the molecule is CSCCC(NC(=O)COc1ccc(NC(=O)Nc2ccccc2C)cc1)C(=O)NC(CC(=O)O)C1=CC2OCOC2C=C1. The number of rotatable bonds is 14. The van der Waals surface area contributed by atoms with E-state index in [1.807, 2.05) is 37.4 Å². The van der Waals surface area contributed by atoms with Crippen LogP contribution in [0.2, 0.25) is 0 Å². The molecule has 1 aliphatic carbocycles. The molecule has 44 heavy (non-hydrogen) atoms. The van der Waals surface area contributed by atoms with E-state index < -0.39 is 35.9 Å². The van der Waals surface area contributed by atoms with Crippen molar-refractivity contribution < 1.29 is 38.5 Å². The van der Waals surface area contributed by atoms with Gasteiger partial charge in [-0.15, -0.1) is 0 Å². The third-order valence-corrected chi connectivity index (χ3v) is 7.56. The molecular weight excluding hydrogens is 588 g/mol. The molecule has 4 rings (SSSR count). The average molecular weight is 625 g/mol. The van der Waals surface area contributed by atoms with Gasteiger partial charge in [0, 0.05) is 11.4 Å². The molecule has 0 radical (unpaired) electrons. The van der Waals surface area contributed by atoms with Crippen LogP contribution in [0.3, 0.4) is 0 Å². The van der Waals surface area contributed by atoms with Gasteiger partial charge < -0.3 is 40.6 Å². The predicted molar refractivity (Wildman–Crippen MR) is 167 cm³/mol. The number of hydrogen-bond donors (Lipinski definition) is 5.